The Balaban J connectivity index is 1.48. The number of ether oxygens (including phenoxy) is 1. The van der Waals surface area contributed by atoms with Crippen LogP contribution in [0.25, 0.3) is 0 Å². The van der Waals surface area contributed by atoms with E-state index in [2.05, 4.69) is 4.90 Å². The molecule has 2 saturated heterocycles. The molecule has 0 N–H and O–H groups in total. The standard InChI is InChI=1S/C19H33N3O3/c1-20(17-7-3-2-4-8-17)18(23)15-21-9-5-6-16(14-21)19(24)22-10-12-25-13-11-22/h16-17H,2-15H2,1H3. The molecule has 1 aliphatic carbocycles. The Morgan fingerprint density at radius 2 is 1.72 bits per heavy atom. The van der Waals surface area contributed by atoms with Crippen LogP contribution in [-0.2, 0) is 14.3 Å². The molecule has 0 aromatic rings. The molecule has 6 nitrogen and oxygen atoms in total. The Hall–Kier alpha value is -1.14. The largest absolute Gasteiger partial charge is 0.378 e. The first-order valence-corrected chi connectivity index (χ1v) is 9.99. The fourth-order valence-corrected chi connectivity index (χ4v) is 4.42. The van der Waals surface area contributed by atoms with E-state index in [1.807, 2.05) is 16.8 Å². The van der Waals surface area contributed by atoms with Crippen LogP contribution in [0.2, 0.25) is 0 Å². The van der Waals surface area contributed by atoms with Gasteiger partial charge in [-0.1, -0.05) is 19.3 Å². The molecule has 1 unspecified atom stereocenters. The number of piperidine rings is 1. The maximum atomic E-state index is 12.7. The molecule has 0 aromatic carbocycles. The minimum Gasteiger partial charge on any atom is -0.378 e. The number of carbonyl (C=O) groups is 2. The van der Waals surface area contributed by atoms with Gasteiger partial charge < -0.3 is 14.5 Å². The number of likely N-dealkylation sites (tertiary alicyclic amines) is 1. The van der Waals surface area contributed by atoms with Crippen molar-refractivity contribution in [2.45, 2.75) is 51.0 Å². The molecule has 1 saturated carbocycles. The van der Waals surface area contributed by atoms with Gasteiger partial charge in [-0.15, -0.1) is 0 Å². The Morgan fingerprint density at radius 1 is 1.00 bits per heavy atom. The third-order valence-electron chi connectivity index (χ3n) is 6.05. The molecule has 25 heavy (non-hydrogen) atoms. The zero-order chi connectivity index (χ0) is 17.6. The molecule has 0 spiro atoms. The van der Waals surface area contributed by atoms with E-state index in [0.717, 1.165) is 38.8 Å². The van der Waals surface area contributed by atoms with Crippen molar-refractivity contribution in [3.8, 4) is 0 Å². The Bertz CT molecular complexity index is 459. The number of rotatable bonds is 4. The molecule has 3 aliphatic rings. The summed E-state index contributed by atoms with van der Waals surface area (Å²) in [6.45, 7) is 4.81. The molecule has 2 aliphatic heterocycles. The molecule has 1 atom stereocenters. The normalized spacial score (nSPS) is 26.4. The van der Waals surface area contributed by atoms with Gasteiger partial charge in [-0.3, -0.25) is 14.5 Å². The SMILES string of the molecule is CN(C(=O)CN1CCCC(C(=O)N2CCOCC2)C1)C1CCCCC1. The van der Waals surface area contributed by atoms with Crippen molar-refractivity contribution < 1.29 is 14.3 Å². The molecule has 142 valence electrons. The van der Waals surface area contributed by atoms with Gasteiger partial charge in [-0.25, -0.2) is 0 Å². The van der Waals surface area contributed by atoms with Crippen molar-refractivity contribution in [2.75, 3.05) is 53.0 Å². The number of likely N-dealkylation sites (N-methyl/N-ethyl adjacent to an activating group) is 1. The number of carbonyl (C=O) groups excluding carboxylic acids is 2. The topological polar surface area (TPSA) is 53.1 Å². The molecule has 0 aromatic heterocycles. The second-order valence-electron chi connectivity index (χ2n) is 7.81. The average Bonchev–Trinajstić information content (AvgIpc) is 2.68. The van der Waals surface area contributed by atoms with E-state index in [1.165, 1.54) is 19.3 Å². The number of hydrogen-bond donors (Lipinski definition) is 0. The fourth-order valence-electron chi connectivity index (χ4n) is 4.42. The molecule has 3 fully saturated rings. The Morgan fingerprint density at radius 3 is 2.44 bits per heavy atom. The quantitative estimate of drug-likeness (QED) is 0.767. The van der Waals surface area contributed by atoms with Crippen LogP contribution in [0.4, 0.5) is 0 Å². The maximum Gasteiger partial charge on any atom is 0.236 e. The highest BCUT2D eigenvalue weighted by Crippen LogP contribution is 2.23. The van der Waals surface area contributed by atoms with E-state index >= 15 is 0 Å². The highest BCUT2D eigenvalue weighted by molar-refractivity contribution is 5.80. The van der Waals surface area contributed by atoms with Crippen LogP contribution in [-0.4, -0.2) is 85.5 Å². The Labute approximate surface area is 151 Å². The highest BCUT2D eigenvalue weighted by Gasteiger charge is 2.31. The third kappa shape index (κ3) is 4.94. The summed E-state index contributed by atoms with van der Waals surface area (Å²) >= 11 is 0. The van der Waals surface area contributed by atoms with Crippen molar-refractivity contribution in [1.82, 2.24) is 14.7 Å². The highest BCUT2D eigenvalue weighted by atomic mass is 16.5. The predicted octanol–water partition coefficient (Wildman–Crippen LogP) is 1.35. The summed E-state index contributed by atoms with van der Waals surface area (Å²) in [5.41, 5.74) is 0. The lowest BCUT2D eigenvalue weighted by atomic mass is 9.94. The lowest BCUT2D eigenvalue weighted by Crippen LogP contribution is -2.50. The van der Waals surface area contributed by atoms with Crippen molar-refractivity contribution in [3.63, 3.8) is 0 Å². The van der Waals surface area contributed by atoms with E-state index < -0.39 is 0 Å². The fraction of sp³-hybridized carbons (Fsp3) is 0.895. The van der Waals surface area contributed by atoms with Gasteiger partial charge in [0.1, 0.15) is 0 Å². The van der Waals surface area contributed by atoms with Crippen molar-refractivity contribution in [3.05, 3.63) is 0 Å². The van der Waals surface area contributed by atoms with Crippen molar-refractivity contribution >= 4 is 11.8 Å². The summed E-state index contributed by atoms with van der Waals surface area (Å²) in [5, 5.41) is 0. The lowest BCUT2D eigenvalue weighted by molar-refractivity contribution is -0.143. The summed E-state index contributed by atoms with van der Waals surface area (Å²) in [4.78, 5) is 31.5. The van der Waals surface area contributed by atoms with Gasteiger partial charge in [-0.05, 0) is 32.2 Å². The number of morpholine rings is 1. The van der Waals surface area contributed by atoms with Crippen LogP contribution in [0.5, 0.6) is 0 Å². The van der Waals surface area contributed by atoms with E-state index in [1.54, 1.807) is 0 Å². The van der Waals surface area contributed by atoms with Gasteiger partial charge in [0, 0.05) is 32.7 Å². The molecule has 0 radical (unpaired) electrons. The second kappa shape index (κ2) is 8.99. The zero-order valence-electron chi connectivity index (χ0n) is 15.6. The molecular formula is C19H33N3O3. The van der Waals surface area contributed by atoms with Crippen LogP contribution < -0.4 is 0 Å². The molecule has 2 heterocycles. The number of hydrogen-bond acceptors (Lipinski definition) is 4. The second-order valence-corrected chi connectivity index (χ2v) is 7.81. The predicted molar refractivity (Wildman–Crippen MR) is 96.2 cm³/mol. The minimum absolute atomic E-state index is 0.0413. The number of amides is 2. The van der Waals surface area contributed by atoms with Crippen LogP contribution in [0, 0.1) is 5.92 Å². The van der Waals surface area contributed by atoms with Crippen LogP contribution in [0.1, 0.15) is 44.9 Å². The molecular weight excluding hydrogens is 318 g/mol. The molecule has 2 amide bonds. The van der Waals surface area contributed by atoms with E-state index in [0.29, 0.717) is 38.9 Å². The summed E-state index contributed by atoms with van der Waals surface area (Å²) < 4.78 is 5.34. The van der Waals surface area contributed by atoms with Gasteiger partial charge in [0.15, 0.2) is 0 Å². The Kier molecular flexibility index (Phi) is 6.70. The maximum absolute atomic E-state index is 12.7. The van der Waals surface area contributed by atoms with E-state index in [9.17, 15) is 9.59 Å². The average molecular weight is 351 g/mol. The first-order chi connectivity index (χ1) is 12.1. The van der Waals surface area contributed by atoms with Gasteiger partial charge in [0.25, 0.3) is 0 Å². The first kappa shape index (κ1) is 18.6. The number of nitrogens with zero attached hydrogens (tertiary/aromatic N) is 3. The smallest absolute Gasteiger partial charge is 0.236 e. The van der Waals surface area contributed by atoms with Crippen LogP contribution in [0.15, 0.2) is 0 Å². The summed E-state index contributed by atoms with van der Waals surface area (Å²) in [7, 11) is 1.96. The molecule has 3 rings (SSSR count). The van der Waals surface area contributed by atoms with E-state index in [4.69, 9.17) is 4.74 Å². The monoisotopic (exact) mass is 351 g/mol. The zero-order valence-corrected chi connectivity index (χ0v) is 15.6. The summed E-state index contributed by atoms with van der Waals surface area (Å²) in [5.74, 6) is 0.507. The van der Waals surface area contributed by atoms with Crippen LogP contribution >= 0.6 is 0 Å². The molecule has 6 heteroatoms. The van der Waals surface area contributed by atoms with Gasteiger partial charge >= 0.3 is 0 Å². The van der Waals surface area contributed by atoms with Crippen molar-refractivity contribution in [2.24, 2.45) is 5.92 Å². The summed E-state index contributed by atoms with van der Waals surface area (Å²) in [6.07, 6.45) is 8.00. The first-order valence-electron chi connectivity index (χ1n) is 9.99. The van der Waals surface area contributed by atoms with Crippen molar-refractivity contribution in [1.29, 1.82) is 0 Å². The lowest BCUT2D eigenvalue weighted by Gasteiger charge is -2.37. The van der Waals surface area contributed by atoms with Gasteiger partial charge in [0.05, 0.1) is 25.7 Å². The third-order valence-corrected chi connectivity index (χ3v) is 6.05. The summed E-state index contributed by atoms with van der Waals surface area (Å²) in [6, 6.07) is 0.414. The van der Waals surface area contributed by atoms with Gasteiger partial charge in [-0.2, -0.15) is 0 Å². The van der Waals surface area contributed by atoms with Gasteiger partial charge in [0.2, 0.25) is 11.8 Å². The minimum atomic E-state index is 0.0413. The van der Waals surface area contributed by atoms with Crippen LogP contribution in [0.3, 0.4) is 0 Å². The molecule has 0 bridgehead atoms. The van der Waals surface area contributed by atoms with E-state index in [-0.39, 0.29) is 17.7 Å².